The van der Waals surface area contributed by atoms with Crippen molar-refractivity contribution in [2.24, 2.45) is 5.92 Å². The van der Waals surface area contributed by atoms with Gasteiger partial charge < -0.3 is 4.74 Å². The summed E-state index contributed by atoms with van der Waals surface area (Å²) < 4.78 is 5.21. The summed E-state index contributed by atoms with van der Waals surface area (Å²) >= 11 is 0. The van der Waals surface area contributed by atoms with Gasteiger partial charge in [-0.05, 0) is 19.3 Å². The maximum Gasteiger partial charge on any atom is 0.164 e. The van der Waals surface area contributed by atoms with Crippen LogP contribution in [0.5, 0.6) is 0 Å². The summed E-state index contributed by atoms with van der Waals surface area (Å²) in [4.78, 5) is 10.9. The highest BCUT2D eigenvalue weighted by atomic mass is 16.5. The van der Waals surface area contributed by atoms with E-state index in [0.29, 0.717) is 12.4 Å². The number of rotatable bonds is 0. The highest BCUT2D eigenvalue weighted by Gasteiger charge is 2.38. The lowest BCUT2D eigenvalue weighted by atomic mass is 10.0. The zero-order valence-corrected chi connectivity index (χ0v) is 5.17. The summed E-state index contributed by atoms with van der Waals surface area (Å²) in [6.45, 7) is 0.364. The first-order valence-corrected chi connectivity index (χ1v) is 3.34. The molecule has 1 aliphatic carbocycles. The van der Waals surface area contributed by atoms with Gasteiger partial charge in [-0.15, -0.1) is 0 Å². The van der Waals surface area contributed by atoms with E-state index in [-0.39, 0.29) is 12.0 Å². The standard InChI is InChI=1S/C7H9O2/c8-6-4-9-7-3-1-2-5(6)7/h1,5,7H,2-4H2/t5-,7-/m1/s1. The number of carbonyl (C=O) groups is 1. The molecular weight excluding hydrogens is 116 g/mol. The second-order valence-corrected chi connectivity index (χ2v) is 2.68. The molecule has 9 heavy (non-hydrogen) atoms. The fraction of sp³-hybridized carbons (Fsp3) is 0.714. The maximum atomic E-state index is 10.9. The smallest absolute Gasteiger partial charge is 0.164 e. The second kappa shape index (κ2) is 1.81. The van der Waals surface area contributed by atoms with Crippen LogP contribution in [0.15, 0.2) is 0 Å². The molecule has 1 aliphatic heterocycles. The lowest BCUT2D eigenvalue weighted by molar-refractivity contribution is -0.120. The highest BCUT2D eigenvalue weighted by Crippen LogP contribution is 2.32. The molecule has 49 valence electrons. The normalized spacial score (nSPS) is 41.6. The minimum atomic E-state index is 0.227. The van der Waals surface area contributed by atoms with Crippen molar-refractivity contribution in [3.05, 3.63) is 6.42 Å². The molecule has 1 saturated heterocycles. The third-order valence-corrected chi connectivity index (χ3v) is 2.12. The van der Waals surface area contributed by atoms with Crippen LogP contribution in [-0.2, 0) is 9.53 Å². The summed E-state index contributed by atoms with van der Waals surface area (Å²) in [7, 11) is 0. The highest BCUT2D eigenvalue weighted by molar-refractivity contribution is 5.85. The molecule has 0 N–H and O–H groups in total. The number of ketones is 1. The molecule has 0 unspecified atom stereocenters. The minimum absolute atomic E-state index is 0.227. The number of hydrogen-bond acceptors (Lipinski definition) is 2. The Morgan fingerprint density at radius 1 is 1.56 bits per heavy atom. The van der Waals surface area contributed by atoms with Crippen LogP contribution in [0.3, 0.4) is 0 Å². The Kier molecular flexibility index (Phi) is 1.09. The van der Waals surface area contributed by atoms with Gasteiger partial charge in [0.15, 0.2) is 5.78 Å². The molecule has 2 heteroatoms. The third kappa shape index (κ3) is 0.697. The van der Waals surface area contributed by atoms with E-state index in [0.717, 1.165) is 12.8 Å². The first kappa shape index (κ1) is 5.42. The van der Waals surface area contributed by atoms with E-state index >= 15 is 0 Å². The van der Waals surface area contributed by atoms with Crippen LogP contribution in [0.4, 0.5) is 0 Å². The van der Waals surface area contributed by atoms with Gasteiger partial charge in [0.25, 0.3) is 0 Å². The fourth-order valence-electron chi connectivity index (χ4n) is 1.58. The molecule has 2 rings (SSSR count). The molecule has 2 aliphatic rings. The van der Waals surface area contributed by atoms with Gasteiger partial charge in [0.2, 0.25) is 0 Å². The zero-order valence-electron chi connectivity index (χ0n) is 5.17. The SMILES string of the molecule is O=C1CO[C@@H]2C[CH]C[C@H]12. The van der Waals surface area contributed by atoms with Crippen LogP contribution in [0, 0.1) is 12.3 Å². The summed E-state index contributed by atoms with van der Waals surface area (Å²) in [5.74, 6) is 0.527. The van der Waals surface area contributed by atoms with Crippen LogP contribution >= 0.6 is 0 Å². The van der Waals surface area contributed by atoms with E-state index in [1.54, 1.807) is 0 Å². The molecule has 0 spiro atoms. The molecule has 0 aromatic heterocycles. The van der Waals surface area contributed by atoms with Gasteiger partial charge in [-0.25, -0.2) is 0 Å². The average Bonchev–Trinajstić information content (AvgIpc) is 2.35. The van der Waals surface area contributed by atoms with Crippen molar-refractivity contribution in [3.8, 4) is 0 Å². The van der Waals surface area contributed by atoms with Crippen molar-refractivity contribution >= 4 is 5.78 Å². The average molecular weight is 125 g/mol. The van der Waals surface area contributed by atoms with Crippen molar-refractivity contribution in [3.63, 3.8) is 0 Å². The maximum absolute atomic E-state index is 10.9. The molecular formula is C7H9O2. The fourth-order valence-corrected chi connectivity index (χ4v) is 1.58. The van der Waals surface area contributed by atoms with E-state index in [9.17, 15) is 4.79 Å². The molecule has 2 nitrogen and oxygen atoms in total. The Labute approximate surface area is 54.2 Å². The van der Waals surface area contributed by atoms with Crippen LogP contribution in [-0.4, -0.2) is 18.5 Å². The Hall–Kier alpha value is -0.370. The number of fused-ring (bicyclic) bond motifs is 1. The van der Waals surface area contributed by atoms with Crippen LogP contribution in [0.2, 0.25) is 0 Å². The van der Waals surface area contributed by atoms with E-state index in [4.69, 9.17) is 4.74 Å². The largest absolute Gasteiger partial charge is 0.370 e. The van der Waals surface area contributed by atoms with Gasteiger partial charge in [0, 0.05) is 5.92 Å². The van der Waals surface area contributed by atoms with Gasteiger partial charge in [0.05, 0.1) is 6.10 Å². The topological polar surface area (TPSA) is 26.3 Å². The summed E-state index contributed by atoms with van der Waals surface area (Å²) in [6, 6.07) is 0. The van der Waals surface area contributed by atoms with E-state index in [2.05, 4.69) is 6.42 Å². The Morgan fingerprint density at radius 2 is 2.44 bits per heavy atom. The molecule has 0 amide bonds. The predicted octanol–water partition coefficient (Wildman–Crippen LogP) is 0.569. The molecule has 2 atom stereocenters. The number of carbonyl (C=O) groups excluding carboxylic acids is 1. The number of Topliss-reactive ketones (excluding diaryl/α,β-unsaturated/α-hetero) is 1. The number of hydrogen-bond donors (Lipinski definition) is 0. The van der Waals surface area contributed by atoms with E-state index in [1.807, 2.05) is 0 Å². The zero-order chi connectivity index (χ0) is 6.27. The Bertz CT molecular complexity index is 142. The molecule has 1 heterocycles. The molecule has 2 fully saturated rings. The summed E-state index contributed by atoms with van der Waals surface area (Å²) in [6.07, 6.45) is 4.32. The summed E-state index contributed by atoms with van der Waals surface area (Å²) in [5.41, 5.74) is 0. The van der Waals surface area contributed by atoms with Gasteiger partial charge in [0.1, 0.15) is 6.61 Å². The Balaban J connectivity index is 2.15. The third-order valence-electron chi connectivity index (χ3n) is 2.12. The predicted molar refractivity (Wildman–Crippen MR) is 31.8 cm³/mol. The molecule has 1 saturated carbocycles. The first-order valence-electron chi connectivity index (χ1n) is 3.34. The molecule has 1 radical (unpaired) electrons. The van der Waals surface area contributed by atoms with E-state index in [1.165, 1.54) is 0 Å². The van der Waals surface area contributed by atoms with Gasteiger partial charge >= 0.3 is 0 Å². The summed E-state index contributed by atoms with van der Waals surface area (Å²) in [5, 5.41) is 0. The van der Waals surface area contributed by atoms with Crippen molar-refractivity contribution in [2.45, 2.75) is 18.9 Å². The van der Waals surface area contributed by atoms with Crippen LogP contribution in [0.1, 0.15) is 12.8 Å². The van der Waals surface area contributed by atoms with Crippen LogP contribution < -0.4 is 0 Å². The van der Waals surface area contributed by atoms with E-state index < -0.39 is 0 Å². The van der Waals surface area contributed by atoms with Crippen LogP contribution in [0.25, 0.3) is 0 Å². The van der Waals surface area contributed by atoms with Crippen molar-refractivity contribution in [2.75, 3.05) is 6.61 Å². The van der Waals surface area contributed by atoms with Gasteiger partial charge in [-0.3, -0.25) is 4.79 Å². The molecule has 0 aromatic carbocycles. The van der Waals surface area contributed by atoms with Crippen molar-refractivity contribution in [1.29, 1.82) is 0 Å². The van der Waals surface area contributed by atoms with Gasteiger partial charge in [-0.1, -0.05) is 0 Å². The number of ether oxygens (including phenoxy) is 1. The molecule has 0 bridgehead atoms. The van der Waals surface area contributed by atoms with Crippen molar-refractivity contribution in [1.82, 2.24) is 0 Å². The van der Waals surface area contributed by atoms with Crippen molar-refractivity contribution < 1.29 is 9.53 Å². The lowest BCUT2D eigenvalue weighted by Gasteiger charge is -2.02. The van der Waals surface area contributed by atoms with Gasteiger partial charge in [-0.2, -0.15) is 0 Å². The molecule has 0 aromatic rings. The second-order valence-electron chi connectivity index (χ2n) is 2.68. The quantitative estimate of drug-likeness (QED) is 0.473. The monoisotopic (exact) mass is 125 g/mol. The lowest BCUT2D eigenvalue weighted by Crippen LogP contribution is -2.12. The minimum Gasteiger partial charge on any atom is -0.370 e. The Morgan fingerprint density at radius 3 is 3.22 bits per heavy atom. The first-order chi connectivity index (χ1) is 4.38.